The smallest absolute Gasteiger partial charge is 0.323 e. The number of non-ortho nitro benzene ring substituents is 1. The van der Waals surface area contributed by atoms with Crippen LogP contribution in [0.3, 0.4) is 0 Å². The molecule has 1 N–H and O–H groups in total. The normalized spacial score (nSPS) is 24.9. The van der Waals surface area contributed by atoms with Crippen molar-refractivity contribution in [3.8, 4) is 0 Å². The highest BCUT2D eigenvalue weighted by molar-refractivity contribution is 6.34. The molecule has 1 aromatic rings. The third-order valence-corrected chi connectivity index (χ3v) is 5.77. The Morgan fingerprint density at radius 1 is 1.37 bits per heavy atom. The number of halogens is 1. The highest BCUT2D eigenvalue weighted by Crippen LogP contribution is 2.40. The molecule has 0 unspecified atom stereocenters. The summed E-state index contributed by atoms with van der Waals surface area (Å²) in [5.74, 6) is -0.227. The predicted octanol–water partition coefficient (Wildman–Crippen LogP) is 2.99. The fraction of sp³-hybridized carbons (Fsp3) is 0.556. The van der Waals surface area contributed by atoms with Crippen molar-refractivity contribution in [2.75, 3.05) is 19.0 Å². The molecule has 2 aliphatic rings. The predicted molar refractivity (Wildman–Crippen MR) is 99.6 cm³/mol. The first-order chi connectivity index (χ1) is 12.9. The molecule has 1 aromatic carbocycles. The SMILES string of the molecule is COC(=O)[C@@H]1C[C@@H]2CCCC[C@@H]2N1CC(=O)Nc1ccc([N+](=O)[O-])cc1Cl. The molecule has 3 rings (SSSR count). The van der Waals surface area contributed by atoms with E-state index < -0.39 is 11.0 Å². The van der Waals surface area contributed by atoms with Gasteiger partial charge in [0.15, 0.2) is 0 Å². The van der Waals surface area contributed by atoms with Gasteiger partial charge in [0, 0.05) is 18.2 Å². The molecule has 0 radical (unpaired) electrons. The van der Waals surface area contributed by atoms with Crippen molar-refractivity contribution < 1.29 is 19.2 Å². The molecule has 0 aromatic heterocycles. The van der Waals surface area contributed by atoms with E-state index >= 15 is 0 Å². The summed E-state index contributed by atoms with van der Waals surface area (Å²) < 4.78 is 4.93. The maximum absolute atomic E-state index is 12.6. The van der Waals surface area contributed by atoms with Crippen molar-refractivity contribution in [3.05, 3.63) is 33.3 Å². The number of carbonyl (C=O) groups excluding carboxylic acids is 2. The molecule has 1 saturated carbocycles. The maximum atomic E-state index is 12.6. The van der Waals surface area contributed by atoms with E-state index in [1.807, 2.05) is 4.90 Å². The number of carbonyl (C=O) groups is 2. The Labute approximate surface area is 162 Å². The third-order valence-electron chi connectivity index (χ3n) is 5.46. The molecule has 0 bridgehead atoms. The number of nitrogens with one attached hydrogen (secondary N) is 1. The van der Waals surface area contributed by atoms with Crippen LogP contribution in [0.2, 0.25) is 5.02 Å². The number of nitrogens with zero attached hydrogens (tertiary/aromatic N) is 2. The lowest BCUT2D eigenvalue weighted by Crippen LogP contribution is -2.46. The molecule has 146 valence electrons. The topological polar surface area (TPSA) is 102 Å². The highest BCUT2D eigenvalue weighted by Gasteiger charge is 2.46. The summed E-state index contributed by atoms with van der Waals surface area (Å²) in [6.45, 7) is 0.0499. The molecule has 1 saturated heterocycles. The summed E-state index contributed by atoms with van der Waals surface area (Å²) in [6.07, 6.45) is 4.96. The Kier molecular flexibility index (Phi) is 5.96. The molecule has 1 amide bonds. The van der Waals surface area contributed by atoms with Gasteiger partial charge in [-0.3, -0.25) is 24.6 Å². The zero-order valence-corrected chi connectivity index (χ0v) is 15.8. The van der Waals surface area contributed by atoms with E-state index in [4.69, 9.17) is 16.3 Å². The van der Waals surface area contributed by atoms with E-state index in [1.54, 1.807) is 0 Å². The number of benzene rings is 1. The van der Waals surface area contributed by atoms with Crippen molar-refractivity contribution in [2.45, 2.75) is 44.2 Å². The van der Waals surface area contributed by atoms with Crippen LogP contribution in [0, 0.1) is 16.0 Å². The minimum Gasteiger partial charge on any atom is -0.468 e. The molecule has 1 heterocycles. The summed E-state index contributed by atoms with van der Waals surface area (Å²) >= 11 is 6.04. The number of fused-ring (bicyclic) bond motifs is 1. The van der Waals surface area contributed by atoms with E-state index in [9.17, 15) is 19.7 Å². The van der Waals surface area contributed by atoms with Crippen LogP contribution >= 0.6 is 11.6 Å². The number of anilines is 1. The van der Waals surface area contributed by atoms with Crippen LogP contribution in [0.4, 0.5) is 11.4 Å². The number of rotatable bonds is 5. The summed E-state index contributed by atoms with van der Waals surface area (Å²) in [6, 6.07) is 3.67. The standard InChI is InChI=1S/C18H22ClN3O5/c1-27-18(24)16-8-11-4-2-3-5-15(11)21(16)10-17(23)20-14-7-6-12(22(25)26)9-13(14)19/h6-7,9,11,15-16H,2-5,8,10H2,1H3,(H,20,23)/t11-,15-,16-/m0/s1. The van der Waals surface area contributed by atoms with Gasteiger partial charge in [0.1, 0.15) is 6.04 Å². The van der Waals surface area contributed by atoms with Gasteiger partial charge in [-0.1, -0.05) is 24.4 Å². The molecule has 3 atom stereocenters. The van der Waals surface area contributed by atoms with E-state index in [0.717, 1.165) is 25.7 Å². The lowest BCUT2D eigenvalue weighted by Gasteiger charge is -2.32. The molecule has 9 heteroatoms. The first-order valence-corrected chi connectivity index (χ1v) is 9.36. The molecule has 2 fully saturated rings. The van der Waals surface area contributed by atoms with E-state index in [1.165, 1.54) is 25.3 Å². The van der Waals surface area contributed by atoms with Gasteiger partial charge in [-0.05, 0) is 31.2 Å². The number of amides is 1. The zero-order chi connectivity index (χ0) is 19.6. The Balaban J connectivity index is 1.71. The van der Waals surface area contributed by atoms with Crippen molar-refractivity contribution in [2.24, 2.45) is 5.92 Å². The summed E-state index contributed by atoms with van der Waals surface area (Å²) in [5, 5.41) is 13.6. The van der Waals surface area contributed by atoms with Crippen LogP contribution in [-0.4, -0.2) is 47.4 Å². The molecular formula is C18H22ClN3O5. The second-order valence-electron chi connectivity index (χ2n) is 7.03. The Hall–Kier alpha value is -2.19. The molecule has 0 spiro atoms. The van der Waals surface area contributed by atoms with Crippen LogP contribution < -0.4 is 5.32 Å². The van der Waals surface area contributed by atoms with Crippen molar-refractivity contribution in [3.63, 3.8) is 0 Å². The van der Waals surface area contributed by atoms with Crippen LogP contribution in [0.1, 0.15) is 32.1 Å². The molecular weight excluding hydrogens is 374 g/mol. The van der Waals surface area contributed by atoms with Crippen molar-refractivity contribution >= 4 is 34.9 Å². The number of esters is 1. The van der Waals surface area contributed by atoms with E-state index in [-0.39, 0.29) is 35.2 Å². The van der Waals surface area contributed by atoms with Gasteiger partial charge >= 0.3 is 5.97 Å². The fourth-order valence-electron chi connectivity index (χ4n) is 4.22. The average molecular weight is 396 g/mol. The van der Waals surface area contributed by atoms with Gasteiger partial charge in [-0.2, -0.15) is 0 Å². The van der Waals surface area contributed by atoms with Gasteiger partial charge in [0.05, 0.1) is 29.3 Å². The first kappa shape index (κ1) is 19.6. The van der Waals surface area contributed by atoms with Crippen molar-refractivity contribution in [1.82, 2.24) is 4.90 Å². The van der Waals surface area contributed by atoms with E-state index in [2.05, 4.69) is 5.32 Å². The monoisotopic (exact) mass is 395 g/mol. The van der Waals surface area contributed by atoms with Crippen LogP contribution in [0.15, 0.2) is 18.2 Å². The Bertz CT molecular complexity index is 757. The largest absolute Gasteiger partial charge is 0.468 e. The number of nitro benzene ring substituents is 1. The third kappa shape index (κ3) is 4.22. The summed E-state index contributed by atoms with van der Waals surface area (Å²) in [4.78, 5) is 36.9. The second kappa shape index (κ2) is 8.22. The lowest BCUT2D eigenvalue weighted by molar-refractivity contribution is -0.384. The lowest BCUT2D eigenvalue weighted by atomic mass is 9.85. The zero-order valence-electron chi connectivity index (χ0n) is 15.0. The maximum Gasteiger partial charge on any atom is 0.323 e. The van der Waals surface area contributed by atoms with Crippen LogP contribution in [-0.2, 0) is 14.3 Å². The quantitative estimate of drug-likeness (QED) is 0.467. The van der Waals surface area contributed by atoms with Gasteiger partial charge in [-0.25, -0.2) is 0 Å². The van der Waals surface area contributed by atoms with Gasteiger partial charge in [-0.15, -0.1) is 0 Å². The van der Waals surface area contributed by atoms with Crippen molar-refractivity contribution in [1.29, 1.82) is 0 Å². The highest BCUT2D eigenvalue weighted by atomic mass is 35.5. The molecule has 1 aliphatic heterocycles. The molecule has 27 heavy (non-hydrogen) atoms. The van der Waals surface area contributed by atoms with E-state index in [0.29, 0.717) is 18.0 Å². The Morgan fingerprint density at radius 2 is 2.11 bits per heavy atom. The van der Waals surface area contributed by atoms with Gasteiger partial charge in [0.25, 0.3) is 5.69 Å². The van der Waals surface area contributed by atoms with Gasteiger partial charge < -0.3 is 10.1 Å². The molecule has 8 nitrogen and oxygen atoms in total. The minimum absolute atomic E-state index is 0.0499. The van der Waals surface area contributed by atoms with Crippen LogP contribution in [0.5, 0.6) is 0 Å². The fourth-order valence-corrected chi connectivity index (χ4v) is 4.44. The number of nitro groups is 1. The number of likely N-dealkylation sites (tertiary alicyclic amines) is 1. The first-order valence-electron chi connectivity index (χ1n) is 8.98. The average Bonchev–Trinajstić information content (AvgIpc) is 3.01. The number of hydrogen-bond donors (Lipinski definition) is 1. The molecule has 1 aliphatic carbocycles. The minimum atomic E-state index is -0.550. The van der Waals surface area contributed by atoms with Gasteiger partial charge in [0.2, 0.25) is 5.91 Å². The van der Waals surface area contributed by atoms with Crippen LogP contribution in [0.25, 0.3) is 0 Å². The second-order valence-corrected chi connectivity index (χ2v) is 7.44. The number of methoxy groups -OCH3 is 1. The summed E-state index contributed by atoms with van der Waals surface area (Å²) in [7, 11) is 1.36. The number of ether oxygens (including phenoxy) is 1. The Morgan fingerprint density at radius 3 is 2.78 bits per heavy atom. The summed E-state index contributed by atoms with van der Waals surface area (Å²) in [5.41, 5.74) is 0.162. The number of hydrogen-bond acceptors (Lipinski definition) is 6.